The van der Waals surface area contributed by atoms with Crippen molar-refractivity contribution < 1.29 is 13.3 Å². The molecule has 4 aromatic rings. The molecule has 0 spiro atoms. The first-order chi connectivity index (χ1) is 16.9. The number of nitrogens with zero attached hydrogens (tertiary/aromatic N) is 4. The molecule has 4 N–H and O–H groups in total. The zero-order chi connectivity index (χ0) is 24.3. The maximum atomic E-state index is 14.5. The number of aromatic amines is 1. The number of H-pyrrole nitrogens is 1. The number of benzene rings is 1. The van der Waals surface area contributed by atoms with Gasteiger partial charge in [0.2, 0.25) is 0 Å². The van der Waals surface area contributed by atoms with E-state index < -0.39 is 10.8 Å². The lowest BCUT2D eigenvalue weighted by atomic mass is 9.98. The number of ether oxygens (including phenoxy) is 1. The molecular formula is C24H24FN7O2S. The lowest BCUT2D eigenvalue weighted by molar-refractivity contribution is 0.419. The summed E-state index contributed by atoms with van der Waals surface area (Å²) in [5, 5.41) is 6.05. The molecule has 0 radical (unpaired) electrons. The Kier molecular flexibility index (Phi) is 5.19. The van der Waals surface area contributed by atoms with Crippen molar-refractivity contribution in [3.63, 3.8) is 0 Å². The fourth-order valence-corrected chi connectivity index (χ4v) is 5.84. The van der Waals surface area contributed by atoms with Crippen molar-refractivity contribution in [3.8, 4) is 11.8 Å². The number of halogens is 1. The molecule has 3 atom stereocenters. The number of pyridine rings is 1. The maximum absolute atomic E-state index is 14.5. The third kappa shape index (κ3) is 3.71. The molecule has 9 nitrogen and oxygen atoms in total. The topological polar surface area (TPSA) is 122 Å². The minimum absolute atomic E-state index is 0.117. The fourth-order valence-electron chi connectivity index (χ4n) is 4.88. The zero-order valence-electron chi connectivity index (χ0n) is 19.2. The van der Waals surface area contributed by atoms with E-state index in [9.17, 15) is 8.60 Å². The van der Waals surface area contributed by atoms with Crippen molar-refractivity contribution in [2.45, 2.75) is 36.7 Å². The highest BCUT2D eigenvalue weighted by Crippen LogP contribution is 2.39. The molecule has 0 saturated carbocycles. The van der Waals surface area contributed by atoms with Crippen molar-refractivity contribution in [3.05, 3.63) is 41.3 Å². The number of aromatic nitrogens is 4. The third-order valence-electron chi connectivity index (χ3n) is 6.58. The second-order valence-corrected chi connectivity index (χ2v) is 10.2. The van der Waals surface area contributed by atoms with Gasteiger partial charge >= 0.3 is 6.01 Å². The minimum Gasteiger partial charge on any atom is -0.423 e. The van der Waals surface area contributed by atoms with Gasteiger partial charge in [-0.05, 0) is 38.0 Å². The van der Waals surface area contributed by atoms with E-state index in [2.05, 4.69) is 32.1 Å². The molecule has 180 valence electrons. The molecule has 2 aliphatic heterocycles. The highest BCUT2D eigenvalue weighted by molar-refractivity contribution is 7.88. The van der Waals surface area contributed by atoms with Gasteiger partial charge in [0.25, 0.3) is 0 Å². The van der Waals surface area contributed by atoms with Crippen LogP contribution in [0.15, 0.2) is 34.7 Å². The van der Waals surface area contributed by atoms with E-state index in [0.29, 0.717) is 45.4 Å². The van der Waals surface area contributed by atoms with Gasteiger partial charge in [-0.2, -0.15) is 9.97 Å². The fraction of sp³-hybridized carbons (Fsp3) is 0.292. The van der Waals surface area contributed by atoms with E-state index >= 15 is 0 Å². The average Bonchev–Trinajstić information content (AvgIpc) is 3.38. The van der Waals surface area contributed by atoms with Crippen LogP contribution in [-0.2, 0) is 10.8 Å². The van der Waals surface area contributed by atoms with E-state index in [0.717, 1.165) is 23.7 Å². The quantitative estimate of drug-likeness (QED) is 0.391. The highest BCUT2D eigenvalue weighted by Gasteiger charge is 2.29. The van der Waals surface area contributed by atoms with Gasteiger partial charge in [0.15, 0.2) is 5.75 Å². The van der Waals surface area contributed by atoms with Crippen LogP contribution in [0.5, 0.6) is 11.8 Å². The van der Waals surface area contributed by atoms with Crippen LogP contribution in [0.4, 0.5) is 15.9 Å². The summed E-state index contributed by atoms with van der Waals surface area (Å²) in [7, 11) is 0.491. The molecule has 3 aromatic heterocycles. The normalized spacial score (nSPS) is 21.6. The first-order valence-corrected chi connectivity index (χ1v) is 12.6. The highest BCUT2D eigenvalue weighted by atomic mass is 32.2. The summed E-state index contributed by atoms with van der Waals surface area (Å²) in [6.07, 6.45) is 4.91. The van der Waals surface area contributed by atoms with Crippen LogP contribution in [-0.4, -0.2) is 49.8 Å². The molecule has 11 heteroatoms. The predicted octanol–water partition coefficient (Wildman–Crippen LogP) is 3.89. The third-order valence-corrected chi connectivity index (χ3v) is 7.72. The Bertz CT molecular complexity index is 1540. The van der Waals surface area contributed by atoms with Gasteiger partial charge in [-0.15, -0.1) is 0 Å². The predicted molar refractivity (Wildman–Crippen MR) is 135 cm³/mol. The van der Waals surface area contributed by atoms with E-state index in [4.69, 9.17) is 15.5 Å². The molecule has 1 saturated heterocycles. The molecule has 5 heterocycles. The number of nitrogens with one attached hydrogen (secondary N) is 2. The van der Waals surface area contributed by atoms with Crippen LogP contribution in [0.3, 0.4) is 0 Å². The van der Waals surface area contributed by atoms with E-state index in [1.165, 1.54) is 12.1 Å². The molecule has 35 heavy (non-hydrogen) atoms. The smallest absolute Gasteiger partial charge is 0.326 e. The minimum atomic E-state index is -1.25. The van der Waals surface area contributed by atoms with Crippen molar-refractivity contribution in [1.29, 1.82) is 0 Å². The van der Waals surface area contributed by atoms with Crippen LogP contribution < -0.4 is 20.7 Å². The number of nitrogens with two attached hydrogens (primary N) is 1. The van der Waals surface area contributed by atoms with Gasteiger partial charge in [-0.3, -0.25) is 4.98 Å². The standard InChI is InChI=1S/C24H24FN7O2S/c1-12-7-14(26)3-5-32(12)23-20-16-8-13(25)9-18(27-2)21(16)29-22(20)30-24(31-23)34-15-10-19-17(28-11-15)4-6-35(19)33/h4,6,8-12,14,27H,3,5,7,26H2,1-2H3,(H,29,30,31)/t12-,14?,35?/m0/s1. The van der Waals surface area contributed by atoms with Crippen LogP contribution in [0.1, 0.15) is 25.5 Å². The Balaban J connectivity index is 1.52. The molecule has 2 aliphatic rings. The molecule has 0 aliphatic carbocycles. The van der Waals surface area contributed by atoms with E-state index in [1.54, 1.807) is 30.8 Å². The van der Waals surface area contributed by atoms with Crippen LogP contribution in [0.25, 0.3) is 28.0 Å². The van der Waals surface area contributed by atoms with Crippen molar-refractivity contribution in [2.24, 2.45) is 5.73 Å². The summed E-state index contributed by atoms with van der Waals surface area (Å²) in [6, 6.07) is 4.99. The number of hydrogen-bond acceptors (Lipinski definition) is 8. The largest absolute Gasteiger partial charge is 0.423 e. The second kappa shape index (κ2) is 8.28. The number of rotatable bonds is 4. The summed E-state index contributed by atoms with van der Waals surface area (Å²) in [5.41, 5.74) is 8.75. The Morgan fingerprint density at radius 1 is 1.31 bits per heavy atom. The summed E-state index contributed by atoms with van der Waals surface area (Å²) >= 11 is 0. The van der Waals surface area contributed by atoms with Gasteiger partial charge in [0.05, 0.1) is 44.2 Å². The van der Waals surface area contributed by atoms with Crippen molar-refractivity contribution >= 4 is 50.3 Å². The Morgan fingerprint density at radius 3 is 2.97 bits per heavy atom. The number of fused-ring (bicyclic) bond motifs is 4. The number of piperidine rings is 1. The lowest BCUT2D eigenvalue weighted by Gasteiger charge is -2.37. The van der Waals surface area contributed by atoms with Gasteiger partial charge in [0.1, 0.15) is 17.3 Å². The molecule has 0 amide bonds. The van der Waals surface area contributed by atoms with Crippen molar-refractivity contribution in [1.82, 2.24) is 19.9 Å². The second-order valence-electron chi connectivity index (χ2n) is 8.89. The van der Waals surface area contributed by atoms with E-state index in [1.807, 2.05) is 0 Å². The monoisotopic (exact) mass is 493 g/mol. The first-order valence-electron chi connectivity index (χ1n) is 11.4. The van der Waals surface area contributed by atoms with Crippen LogP contribution in [0, 0.1) is 5.82 Å². The molecule has 6 rings (SSSR count). The van der Waals surface area contributed by atoms with Gasteiger partial charge in [-0.1, -0.05) is 0 Å². The maximum Gasteiger partial charge on any atom is 0.326 e. The zero-order valence-corrected chi connectivity index (χ0v) is 20.0. The first kappa shape index (κ1) is 21.9. The van der Waals surface area contributed by atoms with Gasteiger partial charge < -0.3 is 25.7 Å². The Morgan fingerprint density at radius 2 is 2.17 bits per heavy atom. The SMILES string of the molecule is CNc1cc(F)cc2c1[nH]c1nc(Oc3cnc4c(c3)S(=O)C=C4)nc(N3CCC(N)C[C@@H]3C)c12. The van der Waals surface area contributed by atoms with Gasteiger partial charge in [-0.25, -0.2) is 8.60 Å². The Labute approximate surface area is 203 Å². The molecule has 2 unspecified atom stereocenters. The molecule has 1 aromatic carbocycles. The summed E-state index contributed by atoms with van der Waals surface area (Å²) in [5.74, 6) is 0.689. The van der Waals surface area contributed by atoms with Crippen LogP contribution in [0.2, 0.25) is 0 Å². The number of hydrogen-bond donors (Lipinski definition) is 3. The summed E-state index contributed by atoms with van der Waals surface area (Å²) in [6.45, 7) is 2.81. The summed E-state index contributed by atoms with van der Waals surface area (Å²) < 4.78 is 32.7. The van der Waals surface area contributed by atoms with E-state index in [-0.39, 0.29) is 23.9 Å². The lowest BCUT2D eigenvalue weighted by Crippen LogP contribution is -2.46. The summed E-state index contributed by atoms with van der Waals surface area (Å²) in [4.78, 5) is 19.8. The van der Waals surface area contributed by atoms with Crippen molar-refractivity contribution in [2.75, 3.05) is 23.8 Å². The van der Waals surface area contributed by atoms with Crippen LogP contribution >= 0.6 is 0 Å². The number of anilines is 2. The molecular weight excluding hydrogens is 469 g/mol. The van der Waals surface area contributed by atoms with Gasteiger partial charge in [0, 0.05) is 42.5 Å². The molecule has 1 fully saturated rings. The average molecular weight is 494 g/mol. The Hall–Kier alpha value is -3.57. The molecule has 0 bridgehead atoms.